The largest absolute Gasteiger partial charge is 0.508 e. The normalized spacial score (nSPS) is 10.9. The lowest BCUT2D eigenvalue weighted by atomic mass is 10.0. The Morgan fingerprint density at radius 2 is 1.31 bits per heavy atom. The summed E-state index contributed by atoms with van der Waals surface area (Å²) in [5.41, 5.74) is 5.80. The van der Waals surface area contributed by atoms with Gasteiger partial charge in [-0.1, -0.05) is 42.5 Å². The van der Waals surface area contributed by atoms with Gasteiger partial charge in [0.2, 0.25) is 0 Å². The number of hydrogen-bond acceptors (Lipinski definition) is 5. The Bertz CT molecular complexity index is 1300. The van der Waals surface area contributed by atoms with Crippen molar-refractivity contribution in [2.45, 2.75) is 0 Å². The first-order valence-electron chi connectivity index (χ1n) is 9.22. The Balaban J connectivity index is 1.70. The summed E-state index contributed by atoms with van der Waals surface area (Å²) in [5, 5.41) is 9.56. The van der Waals surface area contributed by atoms with Crippen molar-refractivity contribution in [1.29, 1.82) is 0 Å². The molecular formula is C24H16N4O. The molecule has 1 N–H and O–H groups in total. The highest BCUT2D eigenvalue weighted by molar-refractivity contribution is 5.83. The fourth-order valence-corrected chi connectivity index (χ4v) is 3.22. The fraction of sp³-hybridized carbons (Fsp3) is 0. The van der Waals surface area contributed by atoms with Crippen molar-refractivity contribution in [1.82, 2.24) is 19.9 Å². The van der Waals surface area contributed by atoms with Crippen LogP contribution in [0.5, 0.6) is 5.75 Å². The van der Waals surface area contributed by atoms with E-state index in [4.69, 9.17) is 9.97 Å². The highest BCUT2D eigenvalue weighted by Gasteiger charge is 2.14. The summed E-state index contributed by atoms with van der Waals surface area (Å²) in [6.45, 7) is 0. The van der Waals surface area contributed by atoms with Crippen LogP contribution in [0.1, 0.15) is 0 Å². The van der Waals surface area contributed by atoms with Gasteiger partial charge in [0.05, 0.1) is 28.6 Å². The maximum absolute atomic E-state index is 9.56. The summed E-state index contributed by atoms with van der Waals surface area (Å²) in [5.74, 6) is 0.793. The molecule has 0 aliphatic rings. The molecule has 5 heteroatoms. The molecule has 29 heavy (non-hydrogen) atoms. The minimum Gasteiger partial charge on any atom is -0.508 e. The number of phenols is 1. The number of phenolic OH excluding ortho intramolecular Hbond substituents is 1. The summed E-state index contributed by atoms with van der Waals surface area (Å²) in [6.07, 6.45) is 3.55. The Morgan fingerprint density at radius 1 is 0.586 bits per heavy atom. The lowest BCUT2D eigenvalue weighted by Crippen LogP contribution is -1.98. The fourth-order valence-electron chi connectivity index (χ4n) is 3.22. The van der Waals surface area contributed by atoms with E-state index in [0.29, 0.717) is 5.82 Å². The molecule has 2 aromatic heterocycles. The van der Waals surface area contributed by atoms with Crippen LogP contribution in [0.15, 0.2) is 91.3 Å². The van der Waals surface area contributed by atoms with Gasteiger partial charge in [-0.05, 0) is 36.4 Å². The second-order valence-corrected chi connectivity index (χ2v) is 6.61. The third-order valence-corrected chi connectivity index (χ3v) is 4.69. The predicted molar refractivity (Wildman–Crippen MR) is 113 cm³/mol. The molecule has 5 aromatic rings. The quantitative estimate of drug-likeness (QED) is 0.473. The van der Waals surface area contributed by atoms with Crippen LogP contribution in [0.25, 0.3) is 44.9 Å². The van der Waals surface area contributed by atoms with E-state index in [1.807, 2.05) is 54.6 Å². The van der Waals surface area contributed by atoms with Gasteiger partial charge < -0.3 is 5.11 Å². The van der Waals surface area contributed by atoms with Crippen LogP contribution in [-0.4, -0.2) is 25.0 Å². The Hall–Kier alpha value is -4.12. The van der Waals surface area contributed by atoms with Crippen molar-refractivity contribution >= 4 is 11.0 Å². The van der Waals surface area contributed by atoms with Crippen LogP contribution in [0.3, 0.4) is 0 Å². The number of rotatable bonds is 3. The second-order valence-electron chi connectivity index (χ2n) is 6.61. The first-order chi connectivity index (χ1) is 14.3. The average Bonchev–Trinajstić information content (AvgIpc) is 2.79. The van der Waals surface area contributed by atoms with Gasteiger partial charge in [-0.25, -0.2) is 15.0 Å². The molecule has 0 unspecified atom stereocenters. The molecule has 0 fully saturated rings. The van der Waals surface area contributed by atoms with Crippen LogP contribution < -0.4 is 0 Å². The third-order valence-electron chi connectivity index (χ3n) is 4.69. The van der Waals surface area contributed by atoms with Crippen LogP contribution in [0, 0.1) is 0 Å². The predicted octanol–water partition coefficient (Wildman–Crippen LogP) is 5.13. The minimum absolute atomic E-state index is 0.208. The number of nitrogens with zero attached hydrogens (tertiary/aromatic N) is 4. The van der Waals surface area contributed by atoms with E-state index in [-0.39, 0.29) is 5.75 Å². The zero-order chi connectivity index (χ0) is 19.6. The highest BCUT2D eigenvalue weighted by Crippen LogP contribution is 2.31. The molecule has 5 rings (SSSR count). The van der Waals surface area contributed by atoms with E-state index in [9.17, 15) is 5.11 Å². The summed E-state index contributed by atoms with van der Waals surface area (Å²) < 4.78 is 0. The van der Waals surface area contributed by atoms with Gasteiger partial charge in [-0.2, -0.15) is 0 Å². The molecular weight excluding hydrogens is 360 g/mol. The molecule has 0 amide bonds. The van der Waals surface area contributed by atoms with E-state index < -0.39 is 0 Å². The van der Waals surface area contributed by atoms with Gasteiger partial charge >= 0.3 is 0 Å². The van der Waals surface area contributed by atoms with Gasteiger partial charge in [-0.3, -0.25) is 4.98 Å². The lowest BCUT2D eigenvalue weighted by Gasteiger charge is -2.11. The van der Waals surface area contributed by atoms with Crippen LogP contribution in [-0.2, 0) is 0 Å². The first-order valence-corrected chi connectivity index (χ1v) is 9.22. The molecule has 0 bridgehead atoms. The summed E-state index contributed by atoms with van der Waals surface area (Å²) in [7, 11) is 0. The topological polar surface area (TPSA) is 71.8 Å². The monoisotopic (exact) mass is 376 g/mol. The number of hydrogen-bond donors (Lipinski definition) is 1. The molecule has 0 spiro atoms. The number of para-hydroxylation sites is 2. The van der Waals surface area contributed by atoms with Gasteiger partial charge in [-0.15, -0.1) is 0 Å². The Kier molecular flexibility index (Phi) is 4.18. The van der Waals surface area contributed by atoms with Crippen molar-refractivity contribution < 1.29 is 5.11 Å². The zero-order valence-corrected chi connectivity index (χ0v) is 15.4. The van der Waals surface area contributed by atoms with Crippen molar-refractivity contribution in [2.24, 2.45) is 0 Å². The Morgan fingerprint density at radius 3 is 2.10 bits per heavy atom. The van der Waals surface area contributed by atoms with Crippen LogP contribution >= 0.6 is 0 Å². The maximum atomic E-state index is 9.56. The van der Waals surface area contributed by atoms with Crippen molar-refractivity contribution in [2.75, 3.05) is 0 Å². The average molecular weight is 376 g/mol. The Labute approximate surface area is 167 Å². The highest BCUT2D eigenvalue weighted by atomic mass is 16.3. The van der Waals surface area contributed by atoms with Crippen LogP contribution in [0.4, 0.5) is 0 Å². The molecule has 0 saturated carbocycles. The molecule has 5 nitrogen and oxygen atoms in total. The van der Waals surface area contributed by atoms with E-state index in [2.05, 4.69) is 9.97 Å². The summed E-state index contributed by atoms with van der Waals surface area (Å²) >= 11 is 0. The van der Waals surface area contributed by atoms with E-state index >= 15 is 0 Å². The van der Waals surface area contributed by atoms with Gasteiger partial charge in [0.25, 0.3) is 0 Å². The number of aromatic hydroxyl groups is 1. The molecule has 138 valence electrons. The van der Waals surface area contributed by atoms with E-state index in [1.54, 1.807) is 36.7 Å². The molecule has 0 aliphatic carbocycles. The van der Waals surface area contributed by atoms with Gasteiger partial charge in [0.1, 0.15) is 5.75 Å². The maximum Gasteiger partial charge on any atom is 0.159 e. The third kappa shape index (κ3) is 3.30. The van der Waals surface area contributed by atoms with Crippen molar-refractivity contribution in [3.8, 4) is 39.7 Å². The smallest absolute Gasteiger partial charge is 0.159 e. The molecule has 2 heterocycles. The van der Waals surface area contributed by atoms with Gasteiger partial charge in [0, 0.05) is 22.9 Å². The molecule has 0 saturated heterocycles. The minimum atomic E-state index is 0.208. The van der Waals surface area contributed by atoms with Crippen LogP contribution in [0.2, 0.25) is 0 Å². The van der Waals surface area contributed by atoms with E-state index in [0.717, 1.165) is 39.1 Å². The molecule has 3 aromatic carbocycles. The zero-order valence-electron chi connectivity index (χ0n) is 15.4. The number of benzene rings is 3. The number of fused-ring (bicyclic) bond motifs is 1. The standard InChI is InChI=1S/C24H16N4O/c29-18-12-10-17(11-13-18)24-26-14-19(23(28-24)16-6-2-1-3-7-16)22-15-25-20-8-4-5-9-21(20)27-22/h1-15,29H. The number of aromatic nitrogens is 4. The van der Waals surface area contributed by atoms with Crippen molar-refractivity contribution in [3.05, 3.63) is 91.3 Å². The summed E-state index contributed by atoms with van der Waals surface area (Å²) in [4.78, 5) is 18.7. The van der Waals surface area contributed by atoms with E-state index in [1.165, 1.54) is 0 Å². The SMILES string of the molecule is Oc1ccc(-c2ncc(-c3cnc4ccccc4n3)c(-c3ccccc3)n2)cc1. The van der Waals surface area contributed by atoms with Gasteiger partial charge in [0.15, 0.2) is 5.82 Å². The summed E-state index contributed by atoms with van der Waals surface area (Å²) in [6, 6.07) is 24.6. The molecule has 0 atom stereocenters. The first kappa shape index (κ1) is 17.0. The molecule has 0 aliphatic heterocycles. The van der Waals surface area contributed by atoms with Crippen molar-refractivity contribution in [3.63, 3.8) is 0 Å². The second kappa shape index (κ2) is 7.13. The lowest BCUT2D eigenvalue weighted by molar-refractivity contribution is 0.475. The molecule has 0 radical (unpaired) electrons.